The lowest BCUT2D eigenvalue weighted by molar-refractivity contribution is 0.0379. The van der Waals surface area contributed by atoms with Gasteiger partial charge in [0.2, 0.25) is 0 Å². The first kappa shape index (κ1) is 12.3. The molecule has 0 aliphatic rings. The maximum Gasteiger partial charge on any atom is 0.166 e. The van der Waals surface area contributed by atoms with Crippen LogP contribution in [0.5, 0.6) is 0 Å². The molecule has 0 bridgehead atoms. The molecule has 0 amide bonds. The number of imidazole rings is 1. The van der Waals surface area contributed by atoms with Crippen molar-refractivity contribution >= 4 is 22.8 Å². The number of hydrogen-bond acceptors (Lipinski definition) is 4. The molecule has 0 spiro atoms. The molecule has 0 aromatic carbocycles. The Labute approximate surface area is 105 Å². The highest BCUT2D eigenvalue weighted by atomic mass is 35.5. The number of aromatic nitrogens is 4. The predicted octanol–water partition coefficient (Wildman–Crippen LogP) is 2.81. The average molecular weight is 255 g/mol. The third-order valence-electron chi connectivity index (χ3n) is 2.70. The van der Waals surface area contributed by atoms with Crippen LogP contribution in [0.2, 0.25) is 5.15 Å². The van der Waals surface area contributed by atoms with Crippen molar-refractivity contribution in [1.82, 2.24) is 19.5 Å². The Hall–Kier alpha value is -1.20. The van der Waals surface area contributed by atoms with Gasteiger partial charge in [0.1, 0.15) is 18.1 Å². The molecule has 2 heterocycles. The molecular formula is C11H15ClN4O. The highest BCUT2D eigenvalue weighted by Gasteiger charge is 2.15. The molecule has 1 atom stereocenters. The van der Waals surface area contributed by atoms with Gasteiger partial charge in [-0.3, -0.25) is 4.57 Å². The highest BCUT2D eigenvalue weighted by molar-refractivity contribution is 6.33. The fourth-order valence-electron chi connectivity index (χ4n) is 1.78. The summed E-state index contributed by atoms with van der Waals surface area (Å²) in [5.41, 5.74) is 1.33. The molecule has 0 radical (unpaired) electrons. The monoisotopic (exact) mass is 254 g/mol. The average Bonchev–Trinajstić information content (AvgIpc) is 2.76. The van der Waals surface area contributed by atoms with Crippen LogP contribution in [0, 0.1) is 0 Å². The topological polar surface area (TPSA) is 52.8 Å². The van der Waals surface area contributed by atoms with Gasteiger partial charge in [0.25, 0.3) is 0 Å². The summed E-state index contributed by atoms with van der Waals surface area (Å²) < 4.78 is 7.37. The lowest BCUT2D eigenvalue weighted by Crippen LogP contribution is -2.10. The van der Waals surface area contributed by atoms with Gasteiger partial charge < -0.3 is 4.74 Å². The van der Waals surface area contributed by atoms with Crippen LogP contribution in [0.3, 0.4) is 0 Å². The summed E-state index contributed by atoms with van der Waals surface area (Å²) in [6, 6.07) is 0. The molecule has 0 N–H and O–H groups in total. The molecule has 92 valence electrons. The van der Waals surface area contributed by atoms with Crippen molar-refractivity contribution in [2.24, 2.45) is 0 Å². The second kappa shape index (κ2) is 5.42. The standard InChI is InChI=1S/C11H15ClN4O/c1-3-4-5-8(17-2)16-7-15-9-10(12)13-6-14-11(9)16/h6-8H,3-5H2,1-2H3. The van der Waals surface area contributed by atoms with Gasteiger partial charge >= 0.3 is 0 Å². The van der Waals surface area contributed by atoms with Gasteiger partial charge in [-0.15, -0.1) is 0 Å². The number of halogens is 1. The van der Waals surface area contributed by atoms with Gasteiger partial charge in [-0.25, -0.2) is 15.0 Å². The van der Waals surface area contributed by atoms with Gasteiger partial charge in [0.15, 0.2) is 10.8 Å². The largest absolute Gasteiger partial charge is 0.361 e. The second-order valence-electron chi connectivity index (χ2n) is 3.82. The van der Waals surface area contributed by atoms with Crippen LogP contribution in [0.15, 0.2) is 12.7 Å². The number of nitrogens with zero attached hydrogens (tertiary/aromatic N) is 4. The molecule has 0 aliphatic heterocycles. The maximum absolute atomic E-state index is 5.95. The lowest BCUT2D eigenvalue weighted by Gasteiger charge is -2.16. The molecule has 2 aromatic heterocycles. The van der Waals surface area contributed by atoms with Gasteiger partial charge in [-0.1, -0.05) is 24.9 Å². The molecule has 2 aromatic rings. The van der Waals surface area contributed by atoms with Crippen molar-refractivity contribution in [3.05, 3.63) is 17.8 Å². The number of unbranched alkanes of at least 4 members (excludes halogenated alkanes) is 1. The summed E-state index contributed by atoms with van der Waals surface area (Å²) in [5, 5.41) is 0.374. The summed E-state index contributed by atoms with van der Waals surface area (Å²) in [5.74, 6) is 0. The van der Waals surface area contributed by atoms with Crippen LogP contribution >= 0.6 is 11.6 Å². The van der Waals surface area contributed by atoms with Crippen LogP contribution in [0.1, 0.15) is 32.4 Å². The fourth-order valence-corrected chi connectivity index (χ4v) is 1.96. The van der Waals surface area contributed by atoms with Crippen LogP contribution < -0.4 is 0 Å². The van der Waals surface area contributed by atoms with E-state index in [1.54, 1.807) is 13.4 Å². The Morgan fingerprint density at radius 2 is 2.24 bits per heavy atom. The minimum atomic E-state index is -0.0501. The molecular weight excluding hydrogens is 240 g/mol. The summed E-state index contributed by atoms with van der Waals surface area (Å²) in [4.78, 5) is 12.3. The van der Waals surface area contributed by atoms with Crippen LogP contribution in [0.25, 0.3) is 11.2 Å². The van der Waals surface area contributed by atoms with E-state index < -0.39 is 0 Å². The number of methoxy groups -OCH3 is 1. The van der Waals surface area contributed by atoms with Crippen molar-refractivity contribution in [2.75, 3.05) is 7.11 Å². The van der Waals surface area contributed by atoms with E-state index in [0.717, 1.165) is 19.3 Å². The Morgan fingerprint density at radius 1 is 1.41 bits per heavy atom. The van der Waals surface area contributed by atoms with Crippen molar-refractivity contribution in [3.63, 3.8) is 0 Å². The Kier molecular flexibility index (Phi) is 3.91. The zero-order valence-electron chi connectivity index (χ0n) is 9.93. The molecule has 1 unspecified atom stereocenters. The minimum absolute atomic E-state index is 0.0501. The summed E-state index contributed by atoms with van der Waals surface area (Å²) in [6.07, 6.45) is 6.25. The van der Waals surface area contributed by atoms with E-state index in [0.29, 0.717) is 16.3 Å². The molecule has 0 aliphatic carbocycles. The Balaban J connectivity index is 2.37. The van der Waals surface area contributed by atoms with E-state index in [1.807, 2.05) is 4.57 Å². The smallest absolute Gasteiger partial charge is 0.166 e. The van der Waals surface area contributed by atoms with Gasteiger partial charge in [0.05, 0.1) is 6.33 Å². The Bertz CT molecular complexity index is 499. The number of fused-ring (bicyclic) bond motifs is 1. The van der Waals surface area contributed by atoms with Gasteiger partial charge in [-0.05, 0) is 12.8 Å². The molecule has 0 saturated carbocycles. The molecule has 0 saturated heterocycles. The fraction of sp³-hybridized carbons (Fsp3) is 0.545. The lowest BCUT2D eigenvalue weighted by atomic mass is 10.2. The first-order valence-corrected chi connectivity index (χ1v) is 6.01. The molecule has 0 fully saturated rings. The minimum Gasteiger partial charge on any atom is -0.361 e. The van der Waals surface area contributed by atoms with Gasteiger partial charge in [0, 0.05) is 7.11 Å². The zero-order chi connectivity index (χ0) is 12.3. The van der Waals surface area contributed by atoms with E-state index in [-0.39, 0.29) is 6.23 Å². The van der Waals surface area contributed by atoms with Crippen LogP contribution in [0.4, 0.5) is 0 Å². The highest BCUT2D eigenvalue weighted by Crippen LogP contribution is 2.23. The summed E-state index contributed by atoms with van der Waals surface area (Å²) in [7, 11) is 1.69. The van der Waals surface area contributed by atoms with Gasteiger partial charge in [-0.2, -0.15) is 0 Å². The number of hydrogen-bond donors (Lipinski definition) is 0. The van der Waals surface area contributed by atoms with E-state index >= 15 is 0 Å². The number of ether oxygens (including phenoxy) is 1. The SMILES string of the molecule is CCCCC(OC)n1cnc2c(Cl)ncnc21. The third kappa shape index (κ3) is 2.40. The molecule has 17 heavy (non-hydrogen) atoms. The van der Waals surface area contributed by atoms with Crippen molar-refractivity contribution in [3.8, 4) is 0 Å². The maximum atomic E-state index is 5.95. The summed E-state index contributed by atoms with van der Waals surface area (Å²) in [6.45, 7) is 2.15. The quantitative estimate of drug-likeness (QED) is 0.770. The molecule has 2 rings (SSSR count). The van der Waals surface area contributed by atoms with E-state index in [2.05, 4.69) is 21.9 Å². The van der Waals surface area contributed by atoms with E-state index in [1.165, 1.54) is 6.33 Å². The molecule has 6 heteroatoms. The van der Waals surface area contributed by atoms with Crippen molar-refractivity contribution in [2.45, 2.75) is 32.4 Å². The third-order valence-corrected chi connectivity index (χ3v) is 2.98. The Morgan fingerprint density at radius 3 is 2.94 bits per heavy atom. The van der Waals surface area contributed by atoms with Crippen LogP contribution in [-0.2, 0) is 4.74 Å². The predicted molar refractivity (Wildman–Crippen MR) is 65.9 cm³/mol. The second-order valence-corrected chi connectivity index (χ2v) is 4.18. The van der Waals surface area contributed by atoms with Crippen LogP contribution in [-0.4, -0.2) is 26.6 Å². The molecule has 5 nitrogen and oxygen atoms in total. The van der Waals surface area contributed by atoms with Crippen molar-refractivity contribution < 1.29 is 4.74 Å². The number of rotatable bonds is 5. The summed E-state index contributed by atoms with van der Waals surface area (Å²) >= 11 is 5.95. The zero-order valence-corrected chi connectivity index (χ0v) is 10.7. The van der Waals surface area contributed by atoms with E-state index in [4.69, 9.17) is 16.3 Å². The van der Waals surface area contributed by atoms with E-state index in [9.17, 15) is 0 Å². The van der Waals surface area contributed by atoms with Crippen molar-refractivity contribution in [1.29, 1.82) is 0 Å². The first-order valence-electron chi connectivity index (χ1n) is 5.63. The first-order chi connectivity index (χ1) is 8.27. The normalized spacial score (nSPS) is 13.1.